The lowest BCUT2D eigenvalue weighted by Crippen LogP contribution is -1.96. The zero-order valence-electron chi connectivity index (χ0n) is 8.01. The summed E-state index contributed by atoms with van der Waals surface area (Å²) in [5, 5.41) is 4.16. The first kappa shape index (κ1) is 8.68. The Balaban J connectivity index is 2.33. The molecule has 0 saturated carbocycles. The molecule has 0 radical (unpaired) electrons. The van der Waals surface area contributed by atoms with Gasteiger partial charge in [-0.15, -0.1) is 0 Å². The van der Waals surface area contributed by atoms with Crippen molar-refractivity contribution in [3.05, 3.63) is 30.5 Å². The molecule has 2 heterocycles. The molecule has 0 aliphatic carbocycles. The predicted molar refractivity (Wildman–Crippen MR) is 50.4 cm³/mol. The van der Waals surface area contributed by atoms with E-state index in [2.05, 4.69) is 15.1 Å². The Morgan fingerprint density at radius 3 is 2.64 bits per heavy atom. The second kappa shape index (κ2) is 3.45. The molecule has 0 N–H and O–H groups in total. The van der Waals surface area contributed by atoms with E-state index in [0.29, 0.717) is 5.88 Å². The maximum Gasteiger partial charge on any atom is 0.213 e. The highest BCUT2D eigenvalue weighted by Crippen LogP contribution is 2.09. The highest BCUT2D eigenvalue weighted by atomic mass is 16.5. The van der Waals surface area contributed by atoms with Gasteiger partial charge < -0.3 is 4.74 Å². The van der Waals surface area contributed by atoms with Gasteiger partial charge in [0.15, 0.2) is 0 Å². The maximum atomic E-state index is 4.95. The molecule has 0 spiro atoms. The van der Waals surface area contributed by atoms with Crippen molar-refractivity contribution < 1.29 is 4.74 Å². The number of pyridine rings is 1. The fourth-order valence-corrected chi connectivity index (χ4v) is 1.10. The second-order valence-corrected chi connectivity index (χ2v) is 2.80. The molecule has 0 unspecified atom stereocenters. The highest BCUT2D eigenvalue weighted by molar-refractivity contribution is 5.29. The molecule has 2 rings (SSSR count). The molecule has 0 saturated heterocycles. The van der Waals surface area contributed by atoms with E-state index in [1.807, 2.05) is 13.0 Å². The van der Waals surface area contributed by atoms with Gasteiger partial charge in [-0.1, -0.05) is 0 Å². The molecule has 5 heteroatoms. The molecule has 0 aliphatic heterocycles. The maximum absolute atomic E-state index is 4.95. The van der Waals surface area contributed by atoms with Crippen molar-refractivity contribution in [3.63, 3.8) is 0 Å². The van der Waals surface area contributed by atoms with Gasteiger partial charge in [-0.25, -0.2) is 14.6 Å². The average Bonchev–Trinajstić information content (AvgIpc) is 2.65. The normalized spacial score (nSPS) is 10.1. The lowest BCUT2D eigenvalue weighted by molar-refractivity contribution is 0.397. The van der Waals surface area contributed by atoms with Crippen molar-refractivity contribution in [2.24, 2.45) is 0 Å². The third-order valence-electron chi connectivity index (χ3n) is 1.80. The van der Waals surface area contributed by atoms with Crippen molar-refractivity contribution in [1.82, 2.24) is 19.7 Å². The number of methoxy groups -OCH3 is 1. The average molecular weight is 190 g/mol. The van der Waals surface area contributed by atoms with E-state index in [1.165, 1.54) is 0 Å². The largest absolute Gasteiger partial charge is 0.481 e. The molecular formula is C9H10N4O. The van der Waals surface area contributed by atoms with Gasteiger partial charge in [0.1, 0.15) is 12.2 Å². The quantitative estimate of drug-likeness (QED) is 0.708. The molecule has 0 bridgehead atoms. The van der Waals surface area contributed by atoms with Crippen LogP contribution in [0.2, 0.25) is 0 Å². The SMILES string of the molecule is COc1ccc(-n2cnc(C)n2)cn1. The van der Waals surface area contributed by atoms with Crippen LogP contribution < -0.4 is 4.74 Å². The van der Waals surface area contributed by atoms with Crippen LogP contribution in [0.4, 0.5) is 0 Å². The monoisotopic (exact) mass is 190 g/mol. The minimum absolute atomic E-state index is 0.589. The van der Waals surface area contributed by atoms with Crippen molar-refractivity contribution in [3.8, 4) is 11.6 Å². The Bertz CT molecular complexity index is 421. The summed E-state index contributed by atoms with van der Waals surface area (Å²) in [4.78, 5) is 8.10. The number of nitrogens with zero attached hydrogens (tertiary/aromatic N) is 4. The lowest BCUT2D eigenvalue weighted by Gasteiger charge is -2.00. The fourth-order valence-electron chi connectivity index (χ4n) is 1.10. The molecule has 2 aromatic heterocycles. The van der Waals surface area contributed by atoms with Crippen molar-refractivity contribution in [2.45, 2.75) is 6.92 Å². The molecule has 2 aromatic rings. The fraction of sp³-hybridized carbons (Fsp3) is 0.222. The standard InChI is InChI=1S/C9H10N4O/c1-7-11-6-13(12-7)8-3-4-9(14-2)10-5-8/h3-6H,1-2H3. The third kappa shape index (κ3) is 1.56. The number of aromatic nitrogens is 4. The molecule has 0 amide bonds. The number of hydrogen-bond donors (Lipinski definition) is 0. The van der Waals surface area contributed by atoms with Gasteiger partial charge in [0.05, 0.1) is 19.0 Å². The summed E-state index contributed by atoms with van der Waals surface area (Å²) in [5.41, 5.74) is 0.867. The molecular weight excluding hydrogens is 180 g/mol. The van der Waals surface area contributed by atoms with Crippen LogP contribution >= 0.6 is 0 Å². The Morgan fingerprint density at radius 2 is 2.14 bits per heavy atom. The van der Waals surface area contributed by atoms with E-state index in [9.17, 15) is 0 Å². The van der Waals surface area contributed by atoms with E-state index >= 15 is 0 Å². The minimum Gasteiger partial charge on any atom is -0.481 e. The topological polar surface area (TPSA) is 52.8 Å². The molecule has 5 nitrogen and oxygen atoms in total. The summed E-state index contributed by atoms with van der Waals surface area (Å²) in [5.74, 6) is 1.33. The Kier molecular flexibility index (Phi) is 2.14. The summed E-state index contributed by atoms with van der Waals surface area (Å²) in [6.45, 7) is 1.84. The molecule has 0 fully saturated rings. The van der Waals surface area contributed by atoms with Crippen LogP contribution in [0, 0.1) is 6.92 Å². The number of ether oxygens (including phenoxy) is 1. The third-order valence-corrected chi connectivity index (χ3v) is 1.80. The summed E-state index contributed by atoms with van der Waals surface area (Å²) in [6.07, 6.45) is 3.34. The first-order valence-electron chi connectivity index (χ1n) is 4.18. The molecule has 0 aromatic carbocycles. The van der Waals surface area contributed by atoms with Crippen LogP contribution in [0.15, 0.2) is 24.7 Å². The van der Waals surface area contributed by atoms with Crippen LogP contribution in [-0.2, 0) is 0 Å². The van der Waals surface area contributed by atoms with Crippen molar-refractivity contribution >= 4 is 0 Å². The van der Waals surface area contributed by atoms with Gasteiger partial charge in [0.2, 0.25) is 5.88 Å². The van der Waals surface area contributed by atoms with Crippen LogP contribution in [0.1, 0.15) is 5.82 Å². The van der Waals surface area contributed by atoms with Crippen LogP contribution in [0.5, 0.6) is 5.88 Å². The molecule has 0 aliphatic rings. The van der Waals surface area contributed by atoms with E-state index in [-0.39, 0.29) is 0 Å². The summed E-state index contributed by atoms with van der Waals surface area (Å²) >= 11 is 0. The van der Waals surface area contributed by atoms with Crippen molar-refractivity contribution in [1.29, 1.82) is 0 Å². The Hall–Kier alpha value is -1.91. The number of aryl methyl sites for hydroxylation is 1. The van der Waals surface area contributed by atoms with Crippen LogP contribution in [0.25, 0.3) is 5.69 Å². The lowest BCUT2D eigenvalue weighted by atomic mass is 10.4. The summed E-state index contributed by atoms with van der Waals surface area (Å²) in [7, 11) is 1.58. The van der Waals surface area contributed by atoms with E-state index in [1.54, 1.807) is 30.4 Å². The molecule has 0 atom stereocenters. The van der Waals surface area contributed by atoms with E-state index in [0.717, 1.165) is 11.5 Å². The molecule has 14 heavy (non-hydrogen) atoms. The highest BCUT2D eigenvalue weighted by Gasteiger charge is 1.99. The Labute approximate surface area is 81.4 Å². The van der Waals surface area contributed by atoms with Crippen molar-refractivity contribution in [2.75, 3.05) is 7.11 Å². The van der Waals surface area contributed by atoms with Gasteiger partial charge in [-0.2, -0.15) is 5.10 Å². The van der Waals surface area contributed by atoms with Gasteiger partial charge in [0, 0.05) is 6.07 Å². The van der Waals surface area contributed by atoms with Gasteiger partial charge in [-0.05, 0) is 13.0 Å². The predicted octanol–water partition coefficient (Wildman–Crippen LogP) is 0.979. The van der Waals surface area contributed by atoms with Gasteiger partial charge in [0.25, 0.3) is 0 Å². The summed E-state index contributed by atoms with van der Waals surface area (Å²) < 4.78 is 6.62. The Morgan fingerprint density at radius 1 is 1.29 bits per heavy atom. The van der Waals surface area contributed by atoms with Gasteiger partial charge in [-0.3, -0.25) is 0 Å². The summed E-state index contributed by atoms with van der Waals surface area (Å²) in [6, 6.07) is 3.66. The zero-order chi connectivity index (χ0) is 9.97. The van der Waals surface area contributed by atoms with Crippen LogP contribution in [-0.4, -0.2) is 26.9 Å². The van der Waals surface area contributed by atoms with E-state index in [4.69, 9.17) is 4.74 Å². The smallest absolute Gasteiger partial charge is 0.213 e. The number of rotatable bonds is 2. The first-order valence-corrected chi connectivity index (χ1v) is 4.18. The van der Waals surface area contributed by atoms with Gasteiger partial charge >= 0.3 is 0 Å². The molecule has 72 valence electrons. The minimum atomic E-state index is 0.589. The first-order chi connectivity index (χ1) is 6.79. The number of hydrogen-bond acceptors (Lipinski definition) is 4. The second-order valence-electron chi connectivity index (χ2n) is 2.80. The van der Waals surface area contributed by atoms with E-state index < -0.39 is 0 Å². The van der Waals surface area contributed by atoms with Crippen LogP contribution in [0.3, 0.4) is 0 Å². The zero-order valence-corrected chi connectivity index (χ0v) is 8.01.